The Labute approximate surface area is 138 Å². The largest absolute Gasteiger partial charge is 0.383 e. The zero-order valence-corrected chi connectivity index (χ0v) is 13.8. The molecule has 0 aromatic heterocycles. The maximum absolute atomic E-state index is 12.1. The number of ether oxygens (including phenoxy) is 1. The van der Waals surface area contributed by atoms with Crippen molar-refractivity contribution in [2.24, 2.45) is 0 Å². The molecule has 1 aliphatic rings. The smallest absolute Gasteiger partial charge is 0.251 e. The third-order valence-electron chi connectivity index (χ3n) is 3.21. The van der Waals surface area contributed by atoms with Crippen molar-refractivity contribution in [2.45, 2.75) is 17.1 Å². The normalized spacial score (nSPS) is 16.3. The Morgan fingerprint density at radius 3 is 2.87 bits per heavy atom. The zero-order chi connectivity index (χ0) is 16.8. The minimum absolute atomic E-state index is 0.0856. The van der Waals surface area contributed by atoms with Gasteiger partial charge in [-0.15, -0.1) is 11.8 Å². The van der Waals surface area contributed by atoms with Crippen LogP contribution < -0.4 is 16.0 Å². The number of benzene rings is 1. The highest BCUT2D eigenvalue weighted by atomic mass is 32.2. The lowest BCUT2D eigenvalue weighted by molar-refractivity contribution is -0.120. The molecule has 2 rings (SSSR count). The number of hydrogen-bond donors (Lipinski definition) is 3. The summed E-state index contributed by atoms with van der Waals surface area (Å²) in [6.45, 7) is 2.52. The third-order valence-corrected chi connectivity index (χ3v) is 4.39. The van der Waals surface area contributed by atoms with Gasteiger partial charge in [0, 0.05) is 24.1 Å². The fourth-order valence-corrected chi connectivity index (χ4v) is 2.90. The van der Waals surface area contributed by atoms with Gasteiger partial charge in [0.1, 0.15) is 0 Å². The number of nitrogens with one attached hydrogen (secondary N) is 3. The van der Waals surface area contributed by atoms with E-state index in [4.69, 9.17) is 4.74 Å². The predicted molar refractivity (Wildman–Crippen MR) is 87.6 cm³/mol. The Bertz CT molecular complexity index is 621. The van der Waals surface area contributed by atoms with Gasteiger partial charge in [-0.2, -0.15) is 0 Å². The van der Waals surface area contributed by atoms with Crippen molar-refractivity contribution in [1.29, 1.82) is 0 Å². The van der Waals surface area contributed by atoms with E-state index < -0.39 is 0 Å². The number of fused-ring (bicyclic) bond motifs is 1. The van der Waals surface area contributed by atoms with Crippen LogP contribution in [-0.4, -0.2) is 49.8 Å². The number of anilines is 1. The van der Waals surface area contributed by atoms with E-state index in [0.29, 0.717) is 24.4 Å². The van der Waals surface area contributed by atoms with Crippen LogP contribution in [0.2, 0.25) is 0 Å². The van der Waals surface area contributed by atoms with Crippen molar-refractivity contribution in [3.05, 3.63) is 23.8 Å². The summed E-state index contributed by atoms with van der Waals surface area (Å²) in [6, 6.07) is 5.09. The van der Waals surface area contributed by atoms with Gasteiger partial charge in [-0.05, 0) is 25.1 Å². The van der Waals surface area contributed by atoms with Crippen LogP contribution in [0, 0.1) is 0 Å². The minimum atomic E-state index is -0.368. The molecule has 1 aromatic carbocycles. The summed E-state index contributed by atoms with van der Waals surface area (Å²) in [4.78, 5) is 36.2. The lowest BCUT2D eigenvalue weighted by atomic mass is 10.1. The van der Waals surface area contributed by atoms with Gasteiger partial charge in [0.25, 0.3) is 5.91 Å². The van der Waals surface area contributed by atoms with Gasteiger partial charge >= 0.3 is 0 Å². The average molecular weight is 337 g/mol. The van der Waals surface area contributed by atoms with Crippen LogP contribution >= 0.6 is 11.8 Å². The molecule has 1 heterocycles. The molecule has 0 radical (unpaired) electrons. The van der Waals surface area contributed by atoms with Crippen molar-refractivity contribution in [1.82, 2.24) is 10.6 Å². The van der Waals surface area contributed by atoms with Crippen LogP contribution in [0.3, 0.4) is 0 Å². The summed E-state index contributed by atoms with van der Waals surface area (Å²) in [5, 5.41) is 7.77. The molecule has 0 bridgehead atoms. The highest BCUT2D eigenvalue weighted by molar-refractivity contribution is 8.00. The number of amides is 3. The van der Waals surface area contributed by atoms with Crippen LogP contribution in [0.25, 0.3) is 0 Å². The highest BCUT2D eigenvalue weighted by Crippen LogP contribution is 2.35. The zero-order valence-electron chi connectivity index (χ0n) is 13.0. The van der Waals surface area contributed by atoms with Crippen molar-refractivity contribution in [2.75, 3.05) is 32.1 Å². The molecule has 7 nitrogen and oxygen atoms in total. The topological polar surface area (TPSA) is 96.5 Å². The number of hydrogen-bond acceptors (Lipinski definition) is 5. The first kappa shape index (κ1) is 17.3. The monoisotopic (exact) mass is 337 g/mol. The van der Waals surface area contributed by atoms with Crippen LogP contribution in [0.4, 0.5) is 5.69 Å². The molecule has 0 spiro atoms. The summed E-state index contributed by atoms with van der Waals surface area (Å²) in [6.07, 6.45) is 0. The molecule has 0 saturated heterocycles. The van der Waals surface area contributed by atoms with Crippen molar-refractivity contribution < 1.29 is 19.1 Å². The van der Waals surface area contributed by atoms with E-state index in [1.165, 1.54) is 11.8 Å². The lowest BCUT2D eigenvalue weighted by Gasteiger charge is -2.21. The second kappa shape index (κ2) is 7.98. The standard InChI is InChI=1S/C15H19N3O4S/c1-9-14(20)18-11-7-10(3-4-12(11)23-9)15(21)17-8-13(19)16-5-6-22-2/h3-4,7,9H,5-6,8H2,1-2H3,(H,16,19)(H,17,21)(H,18,20). The number of methoxy groups -OCH3 is 1. The molecule has 0 saturated carbocycles. The SMILES string of the molecule is COCCNC(=O)CNC(=O)c1ccc2c(c1)NC(=O)C(C)S2. The second-order valence-electron chi connectivity index (χ2n) is 4.99. The van der Waals surface area contributed by atoms with E-state index >= 15 is 0 Å². The minimum Gasteiger partial charge on any atom is -0.383 e. The quantitative estimate of drug-likeness (QED) is 0.661. The maximum atomic E-state index is 12.1. The second-order valence-corrected chi connectivity index (χ2v) is 6.37. The Kier molecular flexibility index (Phi) is 6.00. The molecule has 23 heavy (non-hydrogen) atoms. The predicted octanol–water partition coefficient (Wildman–Crippen LogP) is 0.612. The fourth-order valence-electron chi connectivity index (χ4n) is 1.97. The number of rotatable bonds is 6. The molecule has 1 aliphatic heterocycles. The number of carbonyl (C=O) groups excluding carboxylic acids is 3. The number of carbonyl (C=O) groups is 3. The Morgan fingerprint density at radius 1 is 1.35 bits per heavy atom. The van der Waals surface area contributed by atoms with Gasteiger partial charge < -0.3 is 20.7 Å². The molecule has 0 aliphatic carbocycles. The summed E-state index contributed by atoms with van der Waals surface area (Å²) >= 11 is 1.45. The molecular weight excluding hydrogens is 318 g/mol. The van der Waals surface area contributed by atoms with Crippen molar-refractivity contribution in [3.63, 3.8) is 0 Å². The van der Waals surface area contributed by atoms with Crippen molar-refractivity contribution in [3.8, 4) is 0 Å². The molecular formula is C15H19N3O4S. The first-order valence-electron chi connectivity index (χ1n) is 7.16. The van der Waals surface area contributed by atoms with Crippen LogP contribution in [-0.2, 0) is 14.3 Å². The van der Waals surface area contributed by atoms with E-state index in [2.05, 4.69) is 16.0 Å². The van der Waals surface area contributed by atoms with Gasteiger partial charge in [-0.1, -0.05) is 0 Å². The molecule has 1 atom stereocenters. The summed E-state index contributed by atoms with van der Waals surface area (Å²) in [5.74, 6) is -0.740. The van der Waals surface area contributed by atoms with E-state index in [1.807, 2.05) is 6.92 Å². The van der Waals surface area contributed by atoms with E-state index in [-0.39, 0.29) is 29.5 Å². The molecule has 124 valence electrons. The van der Waals surface area contributed by atoms with Gasteiger partial charge in [-0.25, -0.2) is 0 Å². The average Bonchev–Trinajstić information content (AvgIpc) is 2.53. The van der Waals surface area contributed by atoms with Crippen LogP contribution in [0.5, 0.6) is 0 Å². The number of thioether (sulfide) groups is 1. The molecule has 3 amide bonds. The lowest BCUT2D eigenvalue weighted by Crippen LogP contribution is -2.38. The van der Waals surface area contributed by atoms with E-state index in [0.717, 1.165) is 4.90 Å². The van der Waals surface area contributed by atoms with E-state index in [1.54, 1.807) is 25.3 Å². The van der Waals surface area contributed by atoms with Gasteiger partial charge in [0.2, 0.25) is 11.8 Å². The Balaban J connectivity index is 1.92. The van der Waals surface area contributed by atoms with Gasteiger partial charge in [0.05, 0.1) is 24.1 Å². The Hall–Kier alpha value is -2.06. The summed E-state index contributed by atoms with van der Waals surface area (Å²) in [5.41, 5.74) is 1.01. The van der Waals surface area contributed by atoms with Crippen molar-refractivity contribution >= 4 is 35.2 Å². The molecule has 8 heteroatoms. The highest BCUT2D eigenvalue weighted by Gasteiger charge is 2.23. The molecule has 0 fully saturated rings. The first-order chi connectivity index (χ1) is 11.0. The third kappa shape index (κ3) is 4.70. The Morgan fingerprint density at radius 2 is 2.13 bits per heavy atom. The molecule has 1 unspecified atom stereocenters. The van der Waals surface area contributed by atoms with Crippen LogP contribution in [0.15, 0.2) is 23.1 Å². The summed E-state index contributed by atoms with van der Waals surface area (Å²) < 4.78 is 4.82. The summed E-state index contributed by atoms with van der Waals surface area (Å²) in [7, 11) is 1.54. The van der Waals surface area contributed by atoms with Crippen LogP contribution in [0.1, 0.15) is 17.3 Å². The molecule has 1 aromatic rings. The first-order valence-corrected chi connectivity index (χ1v) is 8.04. The van der Waals surface area contributed by atoms with E-state index in [9.17, 15) is 14.4 Å². The van der Waals surface area contributed by atoms with Gasteiger partial charge in [0.15, 0.2) is 0 Å². The maximum Gasteiger partial charge on any atom is 0.251 e. The molecule has 3 N–H and O–H groups in total. The van der Waals surface area contributed by atoms with Gasteiger partial charge in [-0.3, -0.25) is 14.4 Å². The fraction of sp³-hybridized carbons (Fsp3) is 0.400.